The molecule has 0 N–H and O–H groups in total. The molecule has 16 heavy (non-hydrogen) atoms. The Labute approximate surface area is 99.7 Å². The van der Waals surface area contributed by atoms with Gasteiger partial charge in [0.25, 0.3) is 0 Å². The monoisotopic (exact) mass is 230 g/mol. The lowest BCUT2D eigenvalue weighted by Crippen LogP contribution is -1.93. The molecule has 80 valence electrons. The lowest BCUT2D eigenvalue weighted by Gasteiger charge is -2.03. The maximum atomic E-state index is 10.8. The molecule has 0 aliphatic heterocycles. The van der Waals surface area contributed by atoms with Gasteiger partial charge in [-0.2, -0.15) is 0 Å². The second kappa shape index (κ2) is 4.95. The molecule has 0 amide bonds. The topological polar surface area (TPSA) is 17.1 Å². The fraction of sp³-hybridized carbons (Fsp3) is 0.0714. The molecule has 0 bridgehead atoms. The lowest BCUT2D eigenvalue weighted by molar-refractivity contribution is -0.111. The van der Waals surface area contributed by atoms with Crippen LogP contribution in [0.2, 0.25) is 0 Å². The first-order valence-electron chi connectivity index (χ1n) is 5.08. The predicted octanol–water partition coefficient (Wildman–Crippen LogP) is 3.66. The van der Waals surface area contributed by atoms with E-state index in [4.69, 9.17) is 11.6 Å². The SMILES string of the molecule is O=C(Cl)Cc1cccc(-c2ccccc2)c1. The number of rotatable bonds is 3. The van der Waals surface area contributed by atoms with E-state index >= 15 is 0 Å². The van der Waals surface area contributed by atoms with Crippen LogP contribution < -0.4 is 0 Å². The third-order valence-electron chi connectivity index (χ3n) is 2.38. The summed E-state index contributed by atoms with van der Waals surface area (Å²) in [6, 6.07) is 17.9. The van der Waals surface area contributed by atoms with E-state index in [0.717, 1.165) is 16.7 Å². The zero-order chi connectivity index (χ0) is 11.4. The van der Waals surface area contributed by atoms with Crippen LogP contribution in [0.15, 0.2) is 54.6 Å². The molecule has 0 unspecified atom stereocenters. The fourth-order valence-electron chi connectivity index (χ4n) is 1.65. The van der Waals surface area contributed by atoms with E-state index in [0.29, 0.717) is 0 Å². The van der Waals surface area contributed by atoms with Gasteiger partial charge < -0.3 is 0 Å². The van der Waals surface area contributed by atoms with Gasteiger partial charge in [0.05, 0.1) is 0 Å². The van der Waals surface area contributed by atoms with E-state index in [-0.39, 0.29) is 11.7 Å². The van der Waals surface area contributed by atoms with Crippen LogP contribution in [-0.2, 0) is 11.2 Å². The summed E-state index contributed by atoms with van der Waals surface area (Å²) in [5.74, 6) is 0. The van der Waals surface area contributed by atoms with Crippen LogP contribution in [0.25, 0.3) is 11.1 Å². The summed E-state index contributed by atoms with van der Waals surface area (Å²) in [7, 11) is 0. The second-order valence-electron chi connectivity index (χ2n) is 3.60. The third-order valence-corrected chi connectivity index (χ3v) is 2.51. The molecule has 0 aromatic heterocycles. The van der Waals surface area contributed by atoms with Crippen molar-refractivity contribution in [3.8, 4) is 11.1 Å². The van der Waals surface area contributed by atoms with E-state index < -0.39 is 0 Å². The molecule has 2 aromatic rings. The normalized spacial score (nSPS) is 10.1. The second-order valence-corrected chi connectivity index (χ2v) is 4.02. The fourth-order valence-corrected chi connectivity index (χ4v) is 1.81. The Morgan fingerprint density at radius 2 is 1.62 bits per heavy atom. The quantitative estimate of drug-likeness (QED) is 0.736. The highest BCUT2D eigenvalue weighted by molar-refractivity contribution is 6.63. The molecule has 0 spiro atoms. The first kappa shape index (κ1) is 10.9. The van der Waals surface area contributed by atoms with Crippen molar-refractivity contribution in [3.05, 3.63) is 60.2 Å². The van der Waals surface area contributed by atoms with E-state index in [1.54, 1.807) is 0 Å². The van der Waals surface area contributed by atoms with Crippen LogP contribution >= 0.6 is 11.6 Å². The van der Waals surface area contributed by atoms with Crippen molar-refractivity contribution >= 4 is 16.8 Å². The van der Waals surface area contributed by atoms with Crippen LogP contribution in [0.5, 0.6) is 0 Å². The first-order chi connectivity index (χ1) is 7.75. The van der Waals surface area contributed by atoms with Gasteiger partial charge in [-0.3, -0.25) is 4.79 Å². The molecule has 0 aliphatic rings. The van der Waals surface area contributed by atoms with Gasteiger partial charge >= 0.3 is 0 Å². The number of carbonyl (C=O) groups excluding carboxylic acids is 1. The summed E-state index contributed by atoms with van der Waals surface area (Å²) >= 11 is 5.37. The molecule has 0 heterocycles. The molecule has 2 heteroatoms. The predicted molar refractivity (Wildman–Crippen MR) is 66.4 cm³/mol. The van der Waals surface area contributed by atoms with Gasteiger partial charge in [0.2, 0.25) is 5.24 Å². The molecule has 0 fully saturated rings. The number of halogens is 1. The average molecular weight is 231 g/mol. The summed E-state index contributed by atoms with van der Waals surface area (Å²) in [5.41, 5.74) is 3.20. The lowest BCUT2D eigenvalue weighted by atomic mass is 10.0. The van der Waals surface area contributed by atoms with Crippen LogP contribution in [0.4, 0.5) is 0 Å². The summed E-state index contributed by atoms with van der Waals surface area (Å²) in [6.07, 6.45) is 0.280. The number of hydrogen-bond acceptors (Lipinski definition) is 1. The van der Waals surface area contributed by atoms with Gasteiger partial charge in [0.15, 0.2) is 0 Å². The highest BCUT2D eigenvalue weighted by Crippen LogP contribution is 2.20. The van der Waals surface area contributed by atoms with E-state index in [9.17, 15) is 4.79 Å². The minimum absolute atomic E-state index is 0.280. The van der Waals surface area contributed by atoms with Crippen LogP contribution in [-0.4, -0.2) is 5.24 Å². The summed E-state index contributed by atoms with van der Waals surface area (Å²) in [4.78, 5) is 10.8. The van der Waals surface area contributed by atoms with Crippen molar-refractivity contribution in [2.24, 2.45) is 0 Å². The summed E-state index contributed by atoms with van der Waals surface area (Å²) < 4.78 is 0. The molecule has 2 rings (SSSR count). The highest BCUT2D eigenvalue weighted by atomic mass is 35.5. The number of hydrogen-bond donors (Lipinski definition) is 0. The first-order valence-corrected chi connectivity index (χ1v) is 5.46. The van der Waals surface area contributed by atoms with E-state index in [2.05, 4.69) is 0 Å². The van der Waals surface area contributed by atoms with Crippen molar-refractivity contribution in [2.75, 3.05) is 0 Å². The standard InChI is InChI=1S/C14H11ClO/c15-14(16)10-11-5-4-8-13(9-11)12-6-2-1-3-7-12/h1-9H,10H2. The Balaban J connectivity index is 2.33. The Morgan fingerprint density at radius 3 is 2.31 bits per heavy atom. The van der Waals surface area contributed by atoms with Crippen LogP contribution in [0, 0.1) is 0 Å². The summed E-state index contributed by atoms with van der Waals surface area (Å²) in [5, 5.41) is -0.329. The van der Waals surface area contributed by atoms with Crippen molar-refractivity contribution in [2.45, 2.75) is 6.42 Å². The molecule has 0 atom stereocenters. The number of carbonyl (C=O) groups is 1. The van der Waals surface area contributed by atoms with E-state index in [1.807, 2.05) is 54.6 Å². The molecule has 2 aromatic carbocycles. The maximum Gasteiger partial charge on any atom is 0.226 e. The van der Waals surface area contributed by atoms with Gasteiger partial charge in [-0.25, -0.2) is 0 Å². The number of benzene rings is 2. The molecular formula is C14H11ClO. The van der Waals surface area contributed by atoms with Gasteiger partial charge in [0, 0.05) is 6.42 Å². The smallest absolute Gasteiger partial charge is 0.226 e. The zero-order valence-corrected chi connectivity index (χ0v) is 9.45. The van der Waals surface area contributed by atoms with Crippen LogP contribution in [0.3, 0.4) is 0 Å². The van der Waals surface area contributed by atoms with Crippen molar-refractivity contribution in [1.82, 2.24) is 0 Å². The maximum absolute atomic E-state index is 10.8. The van der Waals surface area contributed by atoms with Gasteiger partial charge in [-0.15, -0.1) is 0 Å². The zero-order valence-electron chi connectivity index (χ0n) is 8.69. The van der Waals surface area contributed by atoms with Crippen molar-refractivity contribution in [3.63, 3.8) is 0 Å². The largest absolute Gasteiger partial charge is 0.281 e. The minimum Gasteiger partial charge on any atom is -0.281 e. The summed E-state index contributed by atoms with van der Waals surface area (Å²) in [6.45, 7) is 0. The third kappa shape index (κ3) is 2.71. The Hall–Kier alpha value is -1.60. The average Bonchev–Trinajstić information content (AvgIpc) is 2.30. The molecule has 0 saturated carbocycles. The Morgan fingerprint density at radius 1 is 0.938 bits per heavy atom. The van der Waals surface area contributed by atoms with Gasteiger partial charge in [-0.05, 0) is 28.3 Å². The molecule has 0 radical (unpaired) electrons. The van der Waals surface area contributed by atoms with Crippen LogP contribution in [0.1, 0.15) is 5.56 Å². The van der Waals surface area contributed by atoms with Crippen molar-refractivity contribution in [1.29, 1.82) is 0 Å². The molecule has 0 saturated heterocycles. The minimum atomic E-state index is -0.329. The van der Waals surface area contributed by atoms with E-state index in [1.165, 1.54) is 0 Å². The molecule has 1 nitrogen and oxygen atoms in total. The molecule has 0 aliphatic carbocycles. The Kier molecular flexibility index (Phi) is 3.37. The Bertz CT molecular complexity index is 491. The van der Waals surface area contributed by atoms with Crippen molar-refractivity contribution < 1.29 is 4.79 Å². The molecular weight excluding hydrogens is 220 g/mol. The highest BCUT2D eigenvalue weighted by Gasteiger charge is 2.01. The van der Waals surface area contributed by atoms with Gasteiger partial charge in [-0.1, -0.05) is 54.6 Å². The van der Waals surface area contributed by atoms with Gasteiger partial charge in [0.1, 0.15) is 0 Å².